The summed E-state index contributed by atoms with van der Waals surface area (Å²) in [5, 5.41) is 10.8. The number of hydrogen-bond acceptors (Lipinski definition) is 4. The Hall–Kier alpha value is -0.480. The van der Waals surface area contributed by atoms with Crippen LogP contribution in [0.4, 0.5) is 0 Å². The van der Waals surface area contributed by atoms with Crippen LogP contribution in [0.25, 0.3) is 0 Å². The van der Waals surface area contributed by atoms with Crippen molar-refractivity contribution < 1.29 is 0 Å². The Morgan fingerprint density at radius 1 is 1.29 bits per heavy atom. The Labute approximate surface area is 88.7 Å². The molecule has 1 aromatic heterocycles. The lowest BCUT2D eigenvalue weighted by molar-refractivity contribution is 0.313. The van der Waals surface area contributed by atoms with Gasteiger partial charge in [-0.05, 0) is 18.9 Å². The van der Waals surface area contributed by atoms with Crippen LogP contribution < -0.4 is 5.73 Å². The van der Waals surface area contributed by atoms with Gasteiger partial charge in [0.25, 0.3) is 0 Å². The second-order valence-electron chi connectivity index (χ2n) is 3.98. The zero-order chi connectivity index (χ0) is 9.80. The molecule has 0 atom stereocenters. The fourth-order valence-corrected chi connectivity index (χ4v) is 2.67. The smallest absolute Gasteiger partial charge is 0.117 e. The average Bonchev–Trinajstić information content (AvgIpc) is 2.56. The Kier molecular flexibility index (Phi) is 3.48. The van der Waals surface area contributed by atoms with Crippen molar-refractivity contribution in [1.82, 2.24) is 10.2 Å². The molecule has 0 spiro atoms. The minimum Gasteiger partial charge on any atom is -0.330 e. The molecule has 0 bridgehead atoms. The third-order valence-electron chi connectivity index (χ3n) is 2.79. The zero-order valence-electron chi connectivity index (χ0n) is 8.41. The Bertz CT molecular complexity index is 281. The fraction of sp³-hybridized carbons (Fsp3) is 0.800. The Balaban J connectivity index is 1.82. The first-order valence-electron chi connectivity index (χ1n) is 5.40. The maximum Gasteiger partial charge on any atom is 0.117 e. The first-order valence-corrected chi connectivity index (χ1v) is 6.21. The van der Waals surface area contributed by atoms with Gasteiger partial charge in [0, 0.05) is 12.8 Å². The van der Waals surface area contributed by atoms with E-state index in [0.29, 0.717) is 0 Å². The van der Waals surface area contributed by atoms with Crippen LogP contribution in [-0.2, 0) is 12.8 Å². The average molecular weight is 211 g/mol. The van der Waals surface area contributed by atoms with E-state index in [1.54, 1.807) is 11.3 Å². The summed E-state index contributed by atoms with van der Waals surface area (Å²) in [6, 6.07) is 0. The number of aryl methyl sites for hydroxylation is 1. The van der Waals surface area contributed by atoms with Crippen molar-refractivity contribution in [3.63, 3.8) is 0 Å². The maximum absolute atomic E-state index is 5.45. The van der Waals surface area contributed by atoms with E-state index >= 15 is 0 Å². The normalized spacial score (nSPS) is 16.9. The van der Waals surface area contributed by atoms with E-state index in [9.17, 15) is 0 Å². The van der Waals surface area contributed by atoms with Crippen LogP contribution in [0.15, 0.2) is 0 Å². The predicted molar refractivity (Wildman–Crippen MR) is 58.3 cm³/mol. The van der Waals surface area contributed by atoms with Crippen LogP contribution >= 0.6 is 11.3 Å². The number of aromatic nitrogens is 2. The molecule has 1 aliphatic carbocycles. The summed E-state index contributed by atoms with van der Waals surface area (Å²) in [6.45, 7) is 0.748. The monoisotopic (exact) mass is 211 g/mol. The molecule has 78 valence electrons. The van der Waals surface area contributed by atoms with Gasteiger partial charge in [-0.25, -0.2) is 0 Å². The van der Waals surface area contributed by atoms with Crippen molar-refractivity contribution in [2.75, 3.05) is 6.54 Å². The van der Waals surface area contributed by atoms with Crippen LogP contribution in [0.5, 0.6) is 0 Å². The standard InChI is InChI=1S/C10H17N3S/c11-6-2-5-9-12-13-10(14-9)7-8-3-1-4-8/h8H,1-7,11H2. The van der Waals surface area contributed by atoms with Crippen molar-refractivity contribution in [2.24, 2.45) is 11.7 Å². The van der Waals surface area contributed by atoms with Gasteiger partial charge >= 0.3 is 0 Å². The fourth-order valence-electron chi connectivity index (χ4n) is 1.67. The second-order valence-corrected chi connectivity index (χ2v) is 5.13. The molecule has 1 aromatic rings. The van der Waals surface area contributed by atoms with E-state index in [1.807, 2.05) is 0 Å². The summed E-state index contributed by atoms with van der Waals surface area (Å²) in [5.74, 6) is 0.894. The molecular weight excluding hydrogens is 194 g/mol. The van der Waals surface area contributed by atoms with Gasteiger partial charge in [0.1, 0.15) is 10.0 Å². The van der Waals surface area contributed by atoms with E-state index < -0.39 is 0 Å². The summed E-state index contributed by atoms with van der Waals surface area (Å²) in [6.07, 6.45) is 7.36. The molecule has 0 aromatic carbocycles. The summed E-state index contributed by atoms with van der Waals surface area (Å²) in [5.41, 5.74) is 5.45. The van der Waals surface area contributed by atoms with Crippen molar-refractivity contribution in [3.8, 4) is 0 Å². The lowest BCUT2D eigenvalue weighted by atomic mass is 9.83. The van der Waals surface area contributed by atoms with Gasteiger partial charge in [-0.3, -0.25) is 0 Å². The van der Waals surface area contributed by atoms with E-state index in [1.165, 1.54) is 24.3 Å². The molecule has 0 aliphatic heterocycles. The molecule has 2 rings (SSSR count). The van der Waals surface area contributed by atoms with E-state index in [2.05, 4.69) is 10.2 Å². The van der Waals surface area contributed by atoms with Gasteiger partial charge < -0.3 is 5.73 Å². The molecule has 4 heteroatoms. The van der Waals surface area contributed by atoms with Gasteiger partial charge in [-0.2, -0.15) is 0 Å². The van der Waals surface area contributed by atoms with Crippen LogP contribution in [-0.4, -0.2) is 16.7 Å². The Morgan fingerprint density at radius 3 is 2.71 bits per heavy atom. The van der Waals surface area contributed by atoms with Crippen molar-refractivity contribution in [2.45, 2.75) is 38.5 Å². The summed E-state index contributed by atoms with van der Waals surface area (Å²) in [7, 11) is 0. The van der Waals surface area contributed by atoms with Crippen molar-refractivity contribution in [3.05, 3.63) is 10.0 Å². The lowest BCUT2D eigenvalue weighted by Crippen LogP contribution is -2.13. The van der Waals surface area contributed by atoms with Gasteiger partial charge in [0.15, 0.2) is 0 Å². The molecule has 1 heterocycles. The second kappa shape index (κ2) is 4.84. The SMILES string of the molecule is NCCCc1nnc(CC2CCC2)s1. The van der Waals surface area contributed by atoms with Crippen LogP contribution in [0.2, 0.25) is 0 Å². The summed E-state index contributed by atoms with van der Waals surface area (Å²) in [4.78, 5) is 0. The predicted octanol–water partition coefficient (Wildman–Crippen LogP) is 1.77. The first-order chi connectivity index (χ1) is 6.88. The van der Waals surface area contributed by atoms with E-state index in [0.717, 1.165) is 36.7 Å². The third kappa shape index (κ3) is 2.51. The number of hydrogen-bond donors (Lipinski definition) is 1. The zero-order valence-corrected chi connectivity index (χ0v) is 9.22. The highest BCUT2D eigenvalue weighted by Crippen LogP contribution is 2.30. The van der Waals surface area contributed by atoms with Crippen molar-refractivity contribution in [1.29, 1.82) is 0 Å². The quantitative estimate of drug-likeness (QED) is 0.807. The van der Waals surface area contributed by atoms with Crippen LogP contribution in [0.3, 0.4) is 0 Å². The van der Waals surface area contributed by atoms with Gasteiger partial charge in [-0.15, -0.1) is 21.5 Å². The Morgan fingerprint density at radius 2 is 2.07 bits per heavy atom. The lowest BCUT2D eigenvalue weighted by Gasteiger charge is -2.23. The highest BCUT2D eigenvalue weighted by molar-refractivity contribution is 7.11. The van der Waals surface area contributed by atoms with E-state index in [-0.39, 0.29) is 0 Å². The molecule has 2 N–H and O–H groups in total. The third-order valence-corrected chi connectivity index (χ3v) is 3.80. The van der Waals surface area contributed by atoms with E-state index in [4.69, 9.17) is 5.73 Å². The van der Waals surface area contributed by atoms with Crippen LogP contribution in [0.1, 0.15) is 35.7 Å². The summed E-state index contributed by atoms with van der Waals surface area (Å²) < 4.78 is 0. The molecule has 0 unspecified atom stereocenters. The topological polar surface area (TPSA) is 51.8 Å². The molecule has 0 saturated heterocycles. The van der Waals surface area contributed by atoms with Crippen LogP contribution in [0, 0.1) is 5.92 Å². The minimum atomic E-state index is 0.748. The molecule has 0 radical (unpaired) electrons. The first kappa shape index (κ1) is 10.1. The van der Waals surface area contributed by atoms with Gasteiger partial charge in [-0.1, -0.05) is 19.3 Å². The molecule has 1 saturated carbocycles. The molecule has 1 aliphatic rings. The molecule has 14 heavy (non-hydrogen) atoms. The number of nitrogens with zero attached hydrogens (tertiary/aromatic N) is 2. The number of rotatable bonds is 5. The maximum atomic E-state index is 5.45. The molecule has 3 nitrogen and oxygen atoms in total. The number of nitrogens with two attached hydrogens (primary N) is 1. The van der Waals surface area contributed by atoms with Crippen molar-refractivity contribution >= 4 is 11.3 Å². The minimum absolute atomic E-state index is 0.748. The molecule has 0 amide bonds. The molecule has 1 fully saturated rings. The largest absolute Gasteiger partial charge is 0.330 e. The highest BCUT2D eigenvalue weighted by atomic mass is 32.1. The highest BCUT2D eigenvalue weighted by Gasteiger charge is 2.19. The summed E-state index contributed by atoms with van der Waals surface area (Å²) >= 11 is 1.77. The van der Waals surface area contributed by atoms with Gasteiger partial charge in [0.05, 0.1) is 0 Å². The molecular formula is C10H17N3S. The van der Waals surface area contributed by atoms with Gasteiger partial charge in [0.2, 0.25) is 0 Å².